The second-order valence-corrected chi connectivity index (χ2v) is 6.76. The number of anilines is 1. The summed E-state index contributed by atoms with van der Waals surface area (Å²) in [6.07, 6.45) is 2.30. The summed E-state index contributed by atoms with van der Waals surface area (Å²) in [5.74, 6) is 0.278. The van der Waals surface area contributed by atoms with E-state index in [0.717, 1.165) is 57.8 Å². The lowest BCUT2D eigenvalue weighted by Crippen LogP contribution is -2.49. The third-order valence-corrected chi connectivity index (χ3v) is 5.20. The van der Waals surface area contributed by atoms with Crippen LogP contribution in [-0.4, -0.2) is 61.5 Å². The second kappa shape index (κ2) is 7.07. The summed E-state index contributed by atoms with van der Waals surface area (Å²) in [5.41, 5.74) is 1.10. The number of carbonyl (C=O) groups excluding carboxylic acids is 1. The Kier molecular flexibility index (Phi) is 5.11. The molecule has 0 saturated carbocycles. The van der Waals surface area contributed by atoms with Crippen LogP contribution in [0.5, 0.6) is 0 Å². The third kappa shape index (κ3) is 3.67. The maximum absolute atomic E-state index is 12.2. The molecule has 2 saturated heterocycles. The molecule has 0 aromatic heterocycles. The maximum Gasteiger partial charge on any atom is 0.236 e. The normalized spacial score (nSPS) is 19.7. The van der Waals surface area contributed by atoms with E-state index in [2.05, 4.69) is 9.80 Å². The van der Waals surface area contributed by atoms with Gasteiger partial charge in [0.2, 0.25) is 5.91 Å². The van der Waals surface area contributed by atoms with Crippen LogP contribution in [0, 0.1) is 0 Å². The molecule has 0 aliphatic carbocycles. The second-order valence-electron chi connectivity index (χ2n) is 5.95. The van der Waals surface area contributed by atoms with Crippen LogP contribution >= 0.6 is 23.2 Å². The highest BCUT2D eigenvalue weighted by Crippen LogP contribution is 2.27. The first kappa shape index (κ1) is 15.9. The molecule has 2 fully saturated rings. The number of likely N-dealkylation sites (tertiary alicyclic amines) is 1. The number of halogens is 2. The van der Waals surface area contributed by atoms with Crippen molar-refractivity contribution in [3.8, 4) is 0 Å². The fourth-order valence-corrected chi connectivity index (χ4v) is 3.40. The van der Waals surface area contributed by atoms with Gasteiger partial charge in [-0.05, 0) is 31.0 Å². The summed E-state index contributed by atoms with van der Waals surface area (Å²) >= 11 is 12.0. The summed E-state index contributed by atoms with van der Waals surface area (Å²) in [5, 5.41) is 1.17. The van der Waals surface area contributed by atoms with E-state index in [1.165, 1.54) is 0 Å². The molecule has 4 nitrogen and oxygen atoms in total. The van der Waals surface area contributed by atoms with Gasteiger partial charge in [-0.3, -0.25) is 9.69 Å². The van der Waals surface area contributed by atoms with E-state index < -0.39 is 0 Å². The molecule has 1 aromatic carbocycles. The zero-order valence-electron chi connectivity index (χ0n) is 12.6. The highest BCUT2D eigenvalue weighted by atomic mass is 35.5. The molecule has 0 radical (unpaired) electrons. The van der Waals surface area contributed by atoms with Gasteiger partial charge in [0.15, 0.2) is 0 Å². The quantitative estimate of drug-likeness (QED) is 0.845. The molecule has 3 rings (SSSR count). The van der Waals surface area contributed by atoms with Gasteiger partial charge in [-0.2, -0.15) is 0 Å². The van der Waals surface area contributed by atoms with E-state index in [4.69, 9.17) is 23.2 Å². The highest BCUT2D eigenvalue weighted by molar-refractivity contribution is 6.42. The van der Waals surface area contributed by atoms with Crippen molar-refractivity contribution in [1.29, 1.82) is 0 Å². The molecule has 6 heteroatoms. The number of hydrogen-bond acceptors (Lipinski definition) is 3. The fourth-order valence-electron chi connectivity index (χ4n) is 3.10. The standard InChI is InChI=1S/C16H21Cl2N3O/c17-14-4-3-13(11-15(14)18)20-9-7-19(8-10-20)12-16(22)21-5-1-2-6-21/h3-4,11H,1-2,5-10,12H2. The number of piperazine rings is 1. The average molecular weight is 342 g/mol. The molecular weight excluding hydrogens is 321 g/mol. The Morgan fingerprint density at radius 1 is 0.955 bits per heavy atom. The van der Waals surface area contributed by atoms with Crippen LogP contribution in [-0.2, 0) is 4.79 Å². The molecule has 120 valence electrons. The van der Waals surface area contributed by atoms with Crippen molar-refractivity contribution < 1.29 is 4.79 Å². The van der Waals surface area contributed by atoms with Crippen LogP contribution < -0.4 is 4.90 Å². The summed E-state index contributed by atoms with van der Waals surface area (Å²) in [7, 11) is 0. The van der Waals surface area contributed by atoms with E-state index in [0.29, 0.717) is 16.6 Å². The van der Waals surface area contributed by atoms with E-state index in [9.17, 15) is 4.79 Å². The minimum Gasteiger partial charge on any atom is -0.369 e. The van der Waals surface area contributed by atoms with Gasteiger partial charge in [-0.1, -0.05) is 23.2 Å². The summed E-state index contributed by atoms with van der Waals surface area (Å²) in [6.45, 7) is 6.04. The van der Waals surface area contributed by atoms with Crippen LogP contribution in [0.15, 0.2) is 18.2 Å². The number of hydrogen-bond donors (Lipinski definition) is 0. The van der Waals surface area contributed by atoms with Gasteiger partial charge in [0.1, 0.15) is 0 Å². The zero-order valence-corrected chi connectivity index (χ0v) is 14.1. The van der Waals surface area contributed by atoms with E-state index in [-0.39, 0.29) is 5.91 Å². The highest BCUT2D eigenvalue weighted by Gasteiger charge is 2.23. The fraction of sp³-hybridized carbons (Fsp3) is 0.562. The van der Waals surface area contributed by atoms with Crippen LogP contribution in [0.25, 0.3) is 0 Å². The molecule has 22 heavy (non-hydrogen) atoms. The van der Waals surface area contributed by atoms with Crippen LogP contribution in [0.3, 0.4) is 0 Å². The first-order chi connectivity index (χ1) is 10.6. The number of rotatable bonds is 3. The number of benzene rings is 1. The molecule has 0 bridgehead atoms. The van der Waals surface area contributed by atoms with Gasteiger partial charge in [-0.25, -0.2) is 0 Å². The molecule has 0 spiro atoms. The number of amides is 1. The maximum atomic E-state index is 12.2. The van der Waals surface area contributed by atoms with Gasteiger partial charge in [0.05, 0.1) is 16.6 Å². The molecule has 1 aromatic rings. The lowest BCUT2D eigenvalue weighted by Gasteiger charge is -2.36. The van der Waals surface area contributed by atoms with Crippen molar-refractivity contribution in [1.82, 2.24) is 9.80 Å². The lowest BCUT2D eigenvalue weighted by molar-refractivity contribution is -0.131. The Bertz CT molecular complexity index is 538. The Morgan fingerprint density at radius 3 is 2.27 bits per heavy atom. The van der Waals surface area contributed by atoms with Gasteiger partial charge in [0, 0.05) is 45.0 Å². The Hall–Kier alpha value is -0.970. The largest absolute Gasteiger partial charge is 0.369 e. The van der Waals surface area contributed by atoms with Gasteiger partial charge in [-0.15, -0.1) is 0 Å². The number of carbonyl (C=O) groups is 1. The Balaban J connectivity index is 1.51. The SMILES string of the molecule is O=C(CN1CCN(c2ccc(Cl)c(Cl)c2)CC1)N1CCCC1. The first-order valence-corrected chi connectivity index (χ1v) is 8.59. The summed E-state index contributed by atoms with van der Waals surface area (Å²) < 4.78 is 0. The van der Waals surface area contributed by atoms with Crippen molar-refractivity contribution in [2.75, 3.05) is 50.7 Å². The van der Waals surface area contributed by atoms with Gasteiger partial charge in [0.25, 0.3) is 0 Å². The minimum absolute atomic E-state index is 0.278. The van der Waals surface area contributed by atoms with Crippen molar-refractivity contribution >= 4 is 34.8 Å². The van der Waals surface area contributed by atoms with Crippen LogP contribution in [0.2, 0.25) is 10.0 Å². The zero-order chi connectivity index (χ0) is 15.5. The predicted molar refractivity (Wildman–Crippen MR) is 90.9 cm³/mol. The minimum atomic E-state index is 0.278. The lowest BCUT2D eigenvalue weighted by atomic mass is 10.2. The van der Waals surface area contributed by atoms with Crippen LogP contribution in [0.4, 0.5) is 5.69 Å². The summed E-state index contributed by atoms with van der Waals surface area (Å²) in [6, 6.07) is 5.75. The Morgan fingerprint density at radius 2 is 1.64 bits per heavy atom. The molecule has 2 aliphatic heterocycles. The predicted octanol–water partition coefficient (Wildman–Crippen LogP) is 2.74. The molecule has 1 amide bonds. The molecule has 0 unspecified atom stereocenters. The van der Waals surface area contributed by atoms with E-state index >= 15 is 0 Å². The summed E-state index contributed by atoms with van der Waals surface area (Å²) in [4.78, 5) is 18.7. The van der Waals surface area contributed by atoms with Crippen molar-refractivity contribution in [2.24, 2.45) is 0 Å². The molecular formula is C16H21Cl2N3O. The molecule has 2 heterocycles. The molecule has 0 atom stereocenters. The number of nitrogens with zero attached hydrogens (tertiary/aromatic N) is 3. The van der Waals surface area contributed by atoms with Crippen molar-refractivity contribution in [2.45, 2.75) is 12.8 Å². The van der Waals surface area contributed by atoms with E-state index in [1.54, 1.807) is 0 Å². The third-order valence-electron chi connectivity index (χ3n) is 4.46. The smallest absolute Gasteiger partial charge is 0.236 e. The first-order valence-electron chi connectivity index (χ1n) is 7.83. The van der Waals surface area contributed by atoms with Crippen molar-refractivity contribution in [3.05, 3.63) is 28.2 Å². The average Bonchev–Trinajstić information content (AvgIpc) is 3.05. The van der Waals surface area contributed by atoms with Crippen LogP contribution in [0.1, 0.15) is 12.8 Å². The van der Waals surface area contributed by atoms with Gasteiger partial charge >= 0.3 is 0 Å². The topological polar surface area (TPSA) is 26.8 Å². The molecule has 2 aliphatic rings. The van der Waals surface area contributed by atoms with E-state index in [1.807, 2.05) is 23.1 Å². The van der Waals surface area contributed by atoms with Crippen molar-refractivity contribution in [3.63, 3.8) is 0 Å². The monoisotopic (exact) mass is 341 g/mol. The Labute approximate surface area is 141 Å². The van der Waals surface area contributed by atoms with Gasteiger partial charge < -0.3 is 9.80 Å². The molecule has 0 N–H and O–H groups in total.